The number of anilines is 1. The van der Waals surface area contributed by atoms with Crippen LogP contribution in [-0.2, 0) is 10.0 Å². The van der Waals surface area contributed by atoms with Gasteiger partial charge in [0.2, 0.25) is 10.0 Å². The van der Waals surface area contributed by atoms with Crippen LogP contribution in [0, 0.1) is 11.8 Å². The molecule has 0 aromatic carbocycles. The lowest BCUT2D eigenvalue weighted by Gasteiger charge is -2.26. The molecule has 1 heterocycles. The summed E-state index contributed by atoms with van der Waals surface area (Å²) in [6.45, 7) is 2.71. The van der Waals surface area contributed by atoms with Crippen LogP contribution in [0.5, 0.6) is 0 Å². The third-order valence-electron chi connectivity index (χ3n) is 4.04. The lowest BCUT2D eigenvalue weighted by Crippen LogP contribution is -2.27. The summed E-state index contributed by atoms with van der Waals surface area (Å²) in [4.78, 5) is 3.83. The first-order valence-corrected chi connectivity index (χ1v) is 9.15. The highest BCUT2D eigenvalue weighted by Gasteiger charge is 2.20. The van der Waals surface area contributed by atoms with Crippen molar-refractivity contribution in [1.82, 2.24) is 9.71 Å². The average molecular weight is 332 g/mol. The first kappa shape index (κ1) is 16.5. The van der Waals surface area contributed by atoms with Gasteiger partial charge in [0.1, 0.15) is 10.7 Å². The quantitative estimate of drug-likeness (QED) is 0.868. The maximum atomic E-state index is 12.2. The Kier molecular flexibility index (Phi) is 5.46. The van der Waals surface area contributed by atoms with Crippen LogP contribution in [0.4, 0.5) is 5.82 Å². The minimum atomic E-state index is -3.57. The predicted molar refractivity (Wildman–Crippen MR) is 84.6 cm³/mol. The number of pyridine rings is 1. The van der Waals surface area contributed by atoms with Gasteiger partial charge >= 0.3 is 0 Å². The average Bonchev–Trinajstić information content (AvgIpc) is 2.41. The van der Waals surface area contributed by atoms with E-state index in [1.807, 2.05) is 0 Å². The summed E-state index contributed by atoms with van der Waals surface area (Å²) in [5.74, 6) is 1.50. The van der Waals surface area contributed by atoms with Crippen LogP contribution >= 0.6 is 11.6 Å². The van der Waals surface area contributed by atoms with Gasteiger partial charge in [-0.1, -0.05) is 37.8 Å². The highest BCUT2D eigenvalue weighted by atomic mass is 35.5. The second kappa shape index (κ2) is 6.94. The fraction of sp³-hybridized carbons (Fsp3) is 0.643. The van der Waals surface area contributed by atoms with E-state index in [0.717, 1.165) is 12.3 Å². The molecule has 2 rings (SSSR count). The molecule has 21 heavy (non-hydrogen) atoms. The van der Waals surface area contributed by atoms with E-state index >= 15 is 0 Å². The van der Waals surface area contributed by atoms with Crippen molar-refractivity contribution in [1.29, 1.82) is 0 Å². The summed E-state index contributed by atoms with van der Waals surface area (Å²) in [7, 11) is -3.57. The Hall–Kier alpha value is -0.850. The van der Waals surface area contributed by atoms with Crippen molar-refractivity contribution < 1.29 is 8.42 Å². The number of rotatable bonds is 5. The Bertz CT molecular complexity index is 592. The first-order valence-electron chi connectivity index (χ1n) is 7.29. The van der Waals surface area contributed by atoms with Gasteiger partial charge in [0.25, 0.3) is 0 Å². The van der Waals surface area contributed by atoms with Crippen LogP contribution < -0.4 is 10.5 Å². The number of hydrogen-bond donors (Lipinski definition) is 2. The Labute approximate surface area is 131 Å². The van der Waals surface area contributed by atoms with Crippen LogP contribution in [-0.4, -0.2) is 19.9 Å². The number of nitrogen functional groups attached to an aromatic ring is 1. The van der Waals surface area contributed by atoms with E-state index in [0.29, 0.717) is 12.5 Å². The van der Waals surface area contributed by atoms with E-state index < -0.39 is 10.0 Å². The second-order valence-corrected chi connectivity index (χ2v) is 8.04. The lowest BCUT2D eigenvalue weighted by atomic mass is 9.81. The monoisotopic (exact) mass is 331 g/mol. The van der Waals surface area contributed by atoms with Crippen LogP contribution in [0.1, 0.15) is 39.0 Å². The highest BCUT2D eigenvalue weighted by molar-refractivity contribution is 7.89. The van der Waals surface area contributed by atoms with Crippen molar-refractivity contribution in [3.8, 4) is 0 Å². The molecular formula is C14H22ClN3O2S. The molecule has 1 aromatic rings. The number of sulfonamides is 1. The van der Waals surface area contributed by atoms with E-state index in [1.165, 1.54) is 37.9 Å². The molecule has 5 nitrogen and oxygen atoms in total. The molecule has 0 aliphatic heterocycles. The zero-order valence-corrected chi connectivity index (χ0v) is 13.8. The van der Waals surface area contributed by atoms with Gasteiger partial charge in [-0.15, -0.1) is 0 Å². The maximum Gasteiger partial charge on any atom is 0.242 e. The van der Waals surface area contributed by atoms with Crippen molar-refractivity contribution in [2.75, 3.05) is 12.3 Å². The number of aromatic nitrogens is 1. The Morgan fingerprint density at radius 1 is 1.48 bits per heavy atom. The number of hydrogen-bond acceptors (Lipinski definition) is 4. The second-order valence-electron chi connectivity index (χ2n) is 5.86. The minimum Gasteiger partial charge on any atom is -0.382 e. The van der Waals surface area contributed by atoms with Gasteiger partial charge in [-0.3, -0.25) is 0 Å². The minimum absolute atomic E-state index is 0.0544. The molecule has 0 saturated heterocycles. The summed E-state index contributed by atoms with van der Waals surface area (Å²) in [5.41, 5.74) is 5.48. The molecule has 7 heteroatoms. The van der Waals surface area contributed by atoms with Gasteiger partial charge < -0.3 is 5.73 Å². The highest BCUT2D eigenvalue weighted by Crippen LogP contribution is 2.30. The fourth-order valence-corrected chi connectivity index (χ4v) is 4.13. The van der Waals surface area contributed by atoms with E-state index in [2.05, 4.69) is 16.6 Å². The first-order chi connectivity index (χ1) is 9.88. The molecule has 0 radical (unpaired) electrons. The van der Waals surface area contributed by atoms with Crippen molar-refractivity contribution in [2.45, 2.75) is 43.9 Å². The zero-order valence-electron chi connectivity index (χ0n) is 12.2. The van der Waals surface area contributed by atoms with Crippen LogP contribution in [0.15, 0.2) is 17.2 Å². The molecule has 1 aliphatic carbocycles. The molecule has 2 atom stereocenters. The molecule has 0 spiro atoms. The predicted octanol–water partition coefficient (Wildman–Crippen LogP) is 2.81. The number of nitrogens with one attached hydrogen (secondary N) is 1. The van der Waals surface area contributed by atoms with Crippen molar-refractivity contribution in [3.05, 3.63) is 17.3 Å². The molecule has 0 bridgehead atoms. The van der Waals surface area contributed by atoms with Gasteiger partial charge in [-0.25, -0.2) is 18.1 Å². The molecule has 0 amide bonds. The number of nitrogens with two attached hydrogens (primary N) is 1. The molecule has 2 unspecified atom stereocenters. The van der Waals surface area contributed by atoms with E-state index in [1.54, 1.807) is 0 Å². The van der Waals surface area contributed by atoms with Gasteiger partial charge in [0, 0.05) is 12.7 Å². The normalized spacial score (nSPS) is 23.1. The van der Waals surface area contributed by atoms with E-state index in [-0.39, 0.29) is 15.7 Å². The fourth-order valence-electron chi connectivity index (χ4n) is 2.88. The summed E-state index contributed by atoms with van der Waals surface area (Å²) < 4.78 is 26.9. The summed E-state index contributed by atoms with van der Waals surface area (Å²) in [5, 5.41) is 0.152. The standard InChI is InChI=1S/C14H22ClN3O2S/c1-10-3-2-4-11(7-10)5-6-18-21(19,20)12-8-13(15)14(16)17-9-12/h8-11,18H,2-7H2,1H3,(H2,16,17). The Morgan fingerprint density at radius 2 is 2.24 bits per heavy atom. The van der Waals surface area contributed by atoms with E-state index in [9.17, 15) is 8.42 Å². The topological polar surface area (TPSA) is 85.1 Å². The number of nitrogens with zero attached hydrogens (tertiary/aromatic N) is 1. The zero-order chi connectivity index (χ0) is 15.5. The largest absolute Gasteiger partial charge is 0.382 e. The van der Waals surface area contributed by atoms with Gasteiger partial charge in [-0.05, 0) is 30.7 Å². The van der Waals surface area contributed by atoms with Crippen LogP contribution in [0.3, 0.4) is 0 Å². The SMILES string of the molecule is CC1CCCC(CCNS(=O)(=O)c2cnc(N)c(Cl)c2)C1. The van der Waals surface area contributed by atoms with Crippen molar-refractivity contribution >= 4 is 27.4 Å². The number of halogens is 1. The molecule has 1 fully saturated rings. The van der Waals surface area contributed by atoms with Crippen molar-refractivity contribution in [3.63, 3.8) is 0 Å². The van der Waals surface area contributed by atoms with Gasteiger partial charge in [0.05, 0.1) is 5.02 Å². The summed E-state index contributed by atoms with van der Waals surface area (Å²) >= 11 is 5.81. The Morgan fingerprint density at radius 3 is 2.90 bits per heavy atom. The van der Waals surface area contributed by atoms with Crippen molar-refractivity contribution in [2.24, 2.45) is 11.8 Å². The Balaban J connectivity index is 1.90. The molecule has 1 saturated carbocycles. The molecule has 1 aliphatic rings. The smallest absolute Gasteiger partial charge is 0.242 e. The molecular weight excluding hydrogens is 310 g/mol. The van der Waals surface area contributed by atoms with Crippen LogP contribution in [0.2, 0.25) is 5.02 Å². The van der Waals surface area contributed by atoms with Gasteiger partial charge in [-0.2, -0.15) is 0 Å². The summed E-state index contributed by atoms with van der Waals surface area (Å²) in [6, 6.07) is 1.33. The van der Waals surface area contributed by atoms with Gasteiger partial charge in [0.15, 0.2) is 0 Å². The molecule has 1 aromatic heterocycles. The third-order valence-corrected chi connectivity index (χ3v) is 5.78. The summed E-state index contributed by atoms with van der Waals surface area (Å²) in [6.07, 6.45) is 7.03. The van der Waals surface area contributed by atoms with Crippen LogP contribution in [0.25, 0.3) is 0 Å². The molecule has 118 valence electrons. The third kappa shape index (κ3) is 4.56. The van der Waals surface area contributed by atoms with E-state index in [4.69, 9.17) is 17.3 Å². The molecule has 3 N–H and O–H groups in total. The lowest BCUT2D eigenvalue weighted by molar-refractivity contribution is 0.271. The maximum absolute atomic E-state index is 12.2.